The third kappa shape index (κ3) is 7.04. The van der Waals surface area contributed by atoms with Crippen LogP contribution in [0.4, 0.5) is 10.8 Å². The predicted octanol–water partition coefficient (Wildman–Crippen LogP) is 4.42. The van der Waals surface area contributed by atoms with Gasteiger partial charge in [0.1, 0.15) is 0 Å². The maximum atomic E-state index is 12.6. The number of amides is 2. The lowest BCUT2D eigenvalue weighted by molar-refractivity contribution is -0.115. The summed E-state index contributed by atoms with van der Waals surface area (Å²) in [5, 5.41) is 24.4. The third-order valence-corrected chi connectivity index (χ3v) is 7.03. The van der Waals surface area contributed by atoms with Crippen molar-refractivity contribution in [1.82, 2.24) is 9.36 Å². The van der Waals surface area contributed by atoms with E-state index < -0.39 is 28.7 Å². The van der Waals surface area contributed by atoms with Gasteiger partial charge >= 0.3 is 11.9 Å². The lowest BCUT2D eigenvalue weighted by atomic mass is 10.0. The van der Waals surface area contributed by atoms with Gasteiger partial charge in [-0.1, -0.05) is 18.7 Å². The molecule has 1 aromatic heterocycles. The fraction of sp³-hybridized carbons (Fsp3) is 0.182. The standard InChI is InChI=1S/C22H20N4O6S3/c1-3-33-22-25-21(35-26-22)24-17(27)11(2)34-14-7-5-13(6-8-14)23-18(28)15-9-4-12(19(29)30)10-16(15)20(31)32/h4-11H,3H2,1-2H3,(H,23,28)(H,29,30)(H,31,32)(H,24,25,26,27). The molecule has 0 saturated heterocycles. The van der Waals surface area contributed by atoms with Gasteiger partial charge in [-0.15, -0.1) is 11.8 Å². The molecule has 1 atom stereocenters. The van der Waals surface area contributed by atoms with Crippen LogP contribution in [0.3, 0.4) is 0 Å². The molecule has 10 nitrogen and oxygen atoms in total. The summed E-state index contributed by atoms with van der Waals surface area (Å²) < 4.78 is 4.16. The molecule has 0 saturated carbocycles. The second-order valence-corrected chi connectivity index (χ2v) is 10.3. The van der Waals surface area contributed by atoms with Gasteiger partial charge in [-0.3, -0.25) is 14.9 Å². The molecule has 2 aromatic carbocycles. The van der Waals surface area contributed by atoms with E-state index in [1.807, 2.05) is 6.92 Å². The van der Waals surface area contributed by atoms with Gasteiger partial charge in [0.25, 0.3) is 5.91 Å². The summed E-state index contributed by atoms with van der Waals surface area (Å²) in [6.07, 6.45) is 0. The van der Waals surface area contributed by atoms with Crippen molar-refractivity contribution in [1.29, 1.82) is 0 Å². The van der Waals surface area contributed by atoms with E-state index in [1.54, 1.807) is 31.2 Å². The van der Waals surface area contributed by atoms with Crippen LogP contribution in [0.1, 0.15) is 44.9 Å². The van der Waals surface area contributed by atoms with E-state index in [-0.39, 0.29) is 17.0 Å². The molecule has 182 valence electrons. The SMILES string of the molecule is CCSc1nsc(NC(=O)C(C)Sc2ccc(NC(=O)c3ccc(C(=O)O)cc3C(=O)O)cc2)n1. The normalized spacial score (nSPS) is 11.5. The molecular weight excluding hydrogens is 512 g/mol. The Morgan fingerprint density at radius 3 is 2.34 bits per heavy atom. The number of benzene rings is 2. The number of aromatic nitrogens is 2. The Kier molecular flexibility index (Phi) is 8.84. The van der Waals surface area contributed by atoms with Gasteiger partial charge in [0.2, 0.25) is 16.2 Å². The van der Waals surface area contributed by atoms with E-state index >= 15 is 0 Å². The van der Waals surface area contributed by atoms with E-state index in [1.165, 1.54) is 29.6 Å². The van der Waals surface area contributed by atoms with Crippen molar-refractivity contribution >= 4 is 69.6 Å². The molecule has 0 aliphatic heterocycles. The molecule has 0 aliphatic rings. The molecule has 13 heteroatoms. The molecule has 1 unspecified atom stereocenters. The van der Waals surface area contributed by atoms with Crippen molar-refractivity contribution in [2.75, 3.05) is 16.4 Å². The molecule has 0 fully saturated rings. The number of carbonyl (C=O) groups excluding carboxylic acids is 2. The quantitative estimate of drug-likeness (QED) is 0.275. The van der Waals surface area contributed by atoms with Gasteiger partial charge < -0.3 is 15.5 Å². The molecule has 2 amide bonds. The van der Waals surface area contributed by atoms with Crippen molar-refractivity contribution < 1.29 is 29.4 Å². The van der Waals surface area contributed by atoms with Crippen LogP contribution in [0.5, 0.6) is 0 Å². The topological polar surface area (TPSA) is 159 Å². The van der Waals surface area contributed by atoms with Crippen molar-refractivity contribution in [2.45, 2.75) is 29.1 Å². The van der Waals surface area contributed by atoms with E-state index in [9.17, 15) is 24.3 Å². The second kappa shape index (κ2) is 11.8. The molecule has 4 N–H and O–H groups in total. The average molecular weight is 533 g/mol. The minimum Gasteiger partial charge on any atom is -0.478 e. The molecule has 0 bridgehead atoms. The zero-order chi connectivity index (χ0) is 25.5. The predicted molar refractivity (Wildman–Crippen MR) is 135 cm³/mol. The Bertz CT molecular complexity index is 1260. The summed E-state index contributed by atoms with van der Waals surface area (Å²) in [6, 6.07) is 9.95. The minimum atomic E-state index is -1.41. The van der Waals surface area contributed by atoms with Crippen molar-refractivity contribution in [3.05, 3.63) is 59.2 Å². The largest absolute Gasteiger partial charge is 0.478 e. The molecule has 35 heavy (non-hydrogen) atoms. The monoisotopic (exact) mass is 532 g/mol. The van der Waals surface area contributed by atoms with E-state index in [4.69, 9.17) is 5.11 Å². The second-order valence-electron chi connectivity index (χ2n) is 6.91. The number of anilines is 2. The summed E-state index contributed by atoms with van der Waals surface area (Å²) in [6.45, 7) is 3.75. The van der Waals surface area contributed by atoms with Gasteiger partial charge in [0.15, 0.2) is 0 Å². The van der Waals surface area contributed by atoms with Crippen molar-refractivity contribution in [2.24, 2.45) is 0 Å². The summed E-state index contributed by atoms with van der Waals surface area (Å²) in [5.41, 5.74) is -0.400. The van der Waals surface area contributed by atoms with Gasteiger partial charge in [-0.2, -0.15) is 9.36 Å². The highest BCUT2D eigenvalue weighted by molar-refractivity contribution is 8.00. The summed E-state index contributed by atoms with van der Waals surface area (Å²) in [4.78, 5) is 52.7. The highest BCUT2D eigenvalue weighted by atomic mass is 32.2. The van der Waals surface area contributed by atoms with Crippen LogP contribution in [0.15, 0.2) is 52.5 Å². The van der Waals surface area contributed by atoms with Crippen LogP contribution in [-0.4, -0.2) is 54.3 Å². The number of carboxylic acids is 2. The maximum absolute atomic E-state index is 12.6. The molecule has 0 aliphatic carbocycles. The fourth-order valence-corrected chi connectivity index (χ4v) is 4.92. The Balaban J connectivity index is 1.61. The van der Waals surface area contributed by atoms with Gasteiger partial charge in [-0.25, -0.2) is 9.59 Å². The highest BCUT2D eigenvalue weighted by Crippen LogP contribution is 2.27. The van der Waals surface area contributed by atoms with E-state index in [2.05, 4.69) is 20.0 Å². The number of rotatable bonds is 10. The average Bonchev–Trinajstić information content (AvgIpc) is 3.26. The molecule has 1 heterocycles. The van der Waals surface area contributed by atoms with Crippen LogP contribution in [0.25, 0.3) is 0 Å². The van der Waals surface area contributed by atoms with Crippen molar-refractivity contribution in [3.8, 4) is 0 Å². The zero-order valence-corrected chi connectivity index (χ0v) is 20.9. The van der Waals surface area contributed by atoms with E-state index in [0.717, 1.165) is 34.3 Å². The minimum absolute atomic E-state index is 0.164. The number of hydrogen-bond donors (Lipinski definition) is 4. The zero-order valence-electron chi connectivity index (χ0n) is 18.5. The van der Waals surface area contributed by atoms with Crippen LogP contribution >= 0.6 is 35.1 Å². The third-order valence-electron chi connectivity index (χ3n) is 4.45. The highest BCUT2D eigenvalue weighted by Gasteiger charge is 2.20. The molecular formula is C22H20N4O6S3. The van der Waals surface area contributed by atoms with Crippen LogP contribution < -0.4 is 10.6 Å². The first kappa shape index (κ1) is 26.2. The van der Waals surface area contributed by atoms with Crippen LogP contribution in [-0.2, 0) is 4.79 Å². The van der Waals surface area contributed by atoms with Crippen LogP contribution in [0.2, 0.25) is 0 Å². The molecule has 3 aromatic rings. The first-order valence-corrected chi connectivity index (χ1v) is 12.8. The van der Waals surface area contributed by atoms with Gasteiger partial charge in [0.05, 0.1) is 21.9 Å². The lowest BCUT2D eigenvalue weighted by Gasteiger charge is -2.12. The lowest BCUT2D eigenvalue weighted by Crippen LogP contribution is -2.22. The van der Waals surface area contributed by atoms with Crippen LogP contribution in [0, 0.1) is 0 Å². The number of nitrogens with zero attached hydrogens (tertiary/aromatic N) is 2. The van der Waals surface area contributed by atoms with Gasteiger partial charge in [0, 0.05) is 22.1 Å². The number of carbonyl (C=O) groups is 4. The molecule has 3 rings (SSSR count). The van der Waals surface area contributed by atoms with Crippen molar-refractivity contribution in [3.63, 3.8) is 0 Å². The Morgan fingerprint density at radius 2 is 1.71 bits per heavy atom. The number of hydrogen-bond acceptors (Lipinski definition) is 9. The summed E-state index contributed by atoms with van der Waals surface area (Å²) in [5.74, 6) is -2.78. The maximum Gasteiger partial charge on any atom is 0.336 e. The number of carboxylic acid groups (broad SMARTS) is 2. The Morgan fingerprint density at radius 1 is 1.00 bits per heavy atom. The first-order chi connectivity index (χ1) is 16.7. The number of aromatic carboxylic acids is 2. The summed E-state index contributed by atoms with van der Waals surface area (Å²) in [7, 11) is 0. The number of nitrogens with one attached hydrogen (secondary N) is 2. The Labute approximate surface area is 212 Å². The number of thioether (sulfide) groups is 2. The smallest absolute Gasteiger partial charge is 0.336 e. The Hall–Kier alpha value is -3.42. The molecule has 0 spiro atoms. The molecule has 0 radical (unpaired) electrons. The van der Waals surface area contributed by atoms with E-state index in [0.29, 0.717) is 16.0 Å². The fourth-order valence-electron chi connectivity index (χ4n) is 2.78. The first-order valence-electron chi connectivity index (χ1n) is 10.1. The summed E-state index contributed by atoms with van der Waals surface area (Å²) >= 11 is 3.93. The van der Waals surface area contributed by atoms with Gasteiger partial charge in [-0.05, 0) is 55.1 Å².